The van der Waals surface area contributed by atoms with E-state index in [1.807, 2.05) is 72.8 Å². The number of aromatic nitrogens is 8. The summed E-state index contributed by atoms with van der Waals surface area (Å²) in [7, 11) is -2.25. The monoisotopic (exact) mass is 1360 g/mol. The zero-order valence-corrected chi connectivity index (χ0v) is 53.4. The summed E-state index contributed by atoms with van der Waals surface area (Å²) in [5.74, 6) is 3.12. The molecule has 17 N–H and O–H groups in total. The average molecular weight is 1360 g/mol. The van der Waals surface area contributed by atoms with Crippen molar-refractivity contribution < 1.29 is 45.8 Å². The Balaban J connectivity index is 0.000000207. The second kappa shape index (κ2) is 35.1. The first kappa shape index (κ1) is 72.4. The maximum absolute atomic E-state index is 11.3. The molecule has 4 heterocycles. The molecule has 0 atom stereocenters. The Morgan fingerprint density at radius 3 is 1.14 bits per heavy atom. The van der Waals surface area contributed by atoms with Gasteiger partial charge in [0.05, 0.1) is 57.0 Å². The summed E-state index contributed by atoms with van der Waals surface area (Å²) in [6.45, 7) is 0. The molecule has 0 aliphatic rings. The number of nitrogens with two attached hydrogens (primary N) is 7. The summed E-state index contributed by atoms with van der Waals surface area (Å²) in [4.78, 5) is 31.5. The number of hydrogen-bond donors (Lipinski definition) is 10. The zero-order valence-electron chi connectivity index (χ0n) is 48.8. The maximum Gasteiger partial charge on any atom is 0.492 e. The molecule has 0 saturated carbocycles. The minimum atomic E-state index is -3.61. The number of methoxy groups -OCH3 is 4. The SMILES string of the molecule is COc1ccccc1-c1cc(Cl)nc(N)n1.COc1ccccc1-c1cc(Cl)nc(N)n1.COc1ccccc1-c1cc(Nc2cccc(CS(N)(=O)=O)c2)nc(N)n1.COc1ccccc1B(O)O.Nc1cccc(CS(N)(=O)=O)c1.Nc1nc(Cl)cc(Cl)n1. The number of nitrogen functional groups attached to an aromatic ring is 5. The Kier molecular flexibility index (Phi) is 27.9. The van der Waals surface area contributed by atoms with Crippen LogP contribution in [0.5, 0.6) is 23.0 Å². The van der Waals surface area contributed by atoms with Gasteiger partial charge in [-0.1, -0.05) is 125 Å². The van der Waals surface area contributed by atoms with Crippen molar-refractivity contribution in [2.75, 3.05) is 62.4 Å². The second-order valence-electron chi connectivity index (χ2n) is 18.1. The smallest absolute Gasteiger partial charge is 0.492 e. The molecular weight excluding hydrogens is 1300 g/mol. The first-order chi connectivity index (χ1) is 43.1. The molecule has 0 radical (unpaired) electrons. The summed E-state index contributed by atoms with van der Waals surface area (Å²) in [6.07, 6.45) is 0. The lowest BCUT2D eigenvalue weighted by Crippen LogP contribution is -2.30. The standard InChI is InChI=1S/C18H19N5O3S.2C11H10ClN3O.C7H9BO3.C7H10N2O2S.C4H3Cl2N3/c1-26-16-8-3-2-7-14(16)15-10-17(23-18(19)22-15)21-13-6-4-5-12(9-13)11-27(20,24)25;2*1-16-9-5-3-2-4-7(9)8-6-10(12)15-11(13)14-8;1-11-7-5-3-2-4-6(7)8(9)10;8-7-3-1-2-6(4-7)5-12(9,10)11;5-2-1-3(6)9-4(7)8-2/h2-10H,11H2,1H3,(H2,20,24,25)(H3,19,21,22,23);2*2-6H,1H3,(H2,13,14,15);2-5,9-10H,1H3;1-4H,5,8H2,(H2,9,10,11);1H,(H2,7,8,9). The molecule has 0 amide bonds. The molecule has 0 fully saturated rings. The Bertz CT molecular complexity index is 4090. The van der Waals surface area contributed by atoms with E-state index in [0.29, 0.717) is 72.7 Å². The molecule has 6 aromatic carbocycles. The molecule has 10 aromatic rings. The van der Waals surface area contributed by atoms with Crippen LogP contribution in [0.3, 0.4) is 0 Å². The summed E-state index contributed by atoms with van der Waals surface area (Å²) in [6, 6.07) is 49.2. The second-order valence-corrected chi connectivity index (χ2v) is 22.9. The minimum Gasteiger partial charge on any atom is -0.497 e. The number of rotatable bonds is 14. The maximum atomic E-state index is 11.3. The number of hydrogen-bond acceptors (Lipinski definition) is 24. The van der Waals surface area contributed by atoms with Gasteiger partial charge >= 0.3 is 7.12 Å². The highest BCUT2D eigenvalue weighted by atomic mass is 35.5. The first-order valence-electron chi connectivity index (χ1n) is 26.0. The number of nitrogens with zero attached hydrogens (tertiary/aromatic N) is 8. The summed E-state index contributed by atoms with van der Waals surface area (Å²) < 4.78 is 64.6. The van der Waals surface area contributed by atoms with E-state index in [-0.39, 0.29) is 45.6 Å². The van der Waals surface area contributed by atoms with Crippen LogP contribution in [0.25, 0.3) is 33.8 Å². The van der Waals surface area contributed by atoms with E-state index in [2.05, 4.69) is 45.2 Å². The van der Waals surface area contributed by atoms with E-state index in [0.717, 1.165) is 28.2 Å². The first-order valence-corrected chi connectivity index (χ1v) is 30.9. The molecule has 26 nitrogen and oxygen atoms in total. The minimum absolute atomic E-state index is 0.0903. The fourth-order valence-electron chi connectivity index (χ4n) is 7.70. The van der Waals surface area contributed by atoms with Crippen molar-refractivity contribution >= 4 is 120 Å². The van der Waals surface area contributed by atoms with Gasteiger partial charge in [0.15, 0.2) is 0 Å². The van der Waals surface area contributed by atoms with Crippen molar-refractivity contribution in [3.8, 4) is 56.8 Å². The van der Waals surface area contributed by atoms with Crippen LogP contribution in [0.4, 0.5) is 41.0 Å². The molecule has 10 rings (SSSR count). The molecule has 91 heavy (non-hydrogen) atoms. The van der Waals surface area contributed by atoms with Crippen molar-refractivity contribution in [2.45, 2.75) is 11.5 Å². The van der Waals surface area contributed by atoms with Gasteiger partial charge in [-0.2, -0.15) is 4.98 Å². The van der Waals surface area contributed by atoms with Crippen LogP contribution in [-0.2, 0) is 31.6 Å². The van der Waals surface area contributed by atoms with Crippen LogP contribution in [0.2, 0.25) is 20.6 Å². The highest BCUT2D eigenvalue weighted by Crippen LogP contribution is 2.33. The van der Waals surface area contributed by atoms with Crippen molar-refractivity contribution in [1.29, 1.82) is 0 Å². The number of sulfonamides is 2. The van der Waals surface area contributed by atoms with Crippen LogP contribution in [0, 0.1) is 0 Å². The Morgan fingerprint density at radius 2 is 0.769 bits per heavy atom. The van der Waals surface area contributed by atoms with Gasteiger partial charge in [-0.15, -0.1) is 0 Å². The quantitative estimate of drug-likeness (QED) is 0.0281. The average Bonchev–Trinajstić information content (AvgIpc) is 1.07. The van der Waals surface area contributed by atoms with E-state index >= 15 is 0 Å². The lowest BCUT2D eigenvalue weighted by molar-refractivity contribution is 0.403. The van der Waals surface area contributed by atoms with Crippen LogP contribution in [0.1, 0.15) is 11.1 Å². The molecule has 0 saturated heterocycles. The summed E-state index contributed by atoms with van der Waals surface area (Å²) in [5.41, 5.74) is 34.6. The van der Waals surface area contributed by atoms with Gasteiger partial charge in [0, 0.05) is 57.8 Å². The van der Waals surface area contributed by atoms with Crippen molar-refractivity contribution in [3.63, 3.8) is 0 Å². The fourth-order valence-corrected chi connectivity index (χ4v) is 9.81. The van der Waals surface area contributed by atoms with Gasteiger partial charge in [-0.3, -0.25) is 0 Å². The van der Waals surface area contributed by atoms with Gasteiger partial charge in [0.2, 0.25) is 43.8 Å². The third kappa shape index (κ3) is 25.2. The van der Waals surface area contributed by atoms with Gasteiger partial charge < -0.3 is 63.0 Å². The molecule has 0 aliphatic heterocycles. The van der Waals surface area contributed by atoms with Crippen LogP contribution < -0.4 is 68.7 Å². The normalized spacial score (nSPS) is 10.5. The molecule has 33 heteroatoms. The topological polar surface area (TPSA) is 443 Å². The fraction of sp³-hybridized carbons (Fsp3) is 0.103. The van der Waals surface area contributed by atoms with Crippen molar-refractivity contribution in [1.82, 2.24) is 39.9 Å². The van der Waals surface area contributed by atoms with E-state index in [9.17, 15) is 16.8 Å². The number of anilines is 7. The van der Waals surface area contributed by atoms with Crippen molar-refractivity contribution in [3.05, 3.63) is 202 Å². The van der Waals surface area contributed by atoms with E-state index < -0.39 is 27.2 Å². The third-order valence-corrected chi connectivity index (χ3v) is 13.5. The molecule has 4 aromatic heterocycles. The lowest BCUT2D eigenvalue weighted by Gasteiger charge is -2.11. The number of ether oxygens (including phenoxy) is 4. The van der Waals surface area contributed by atoms with Gasteiger partial charge in [0.1, 0.15) is 49.4 Å². The number of nitrogens with one attached hydrogen (secondary N) is 1. The van der Waals surface area contributed by atoms with Gasteiger partial charge in [-0.25, -0.2) is 62.0 Å². The Morgan fingerprint density at radius 1 is 0.418 bits per heavy atom. The van der Waals surface area contributed by atoms with Crippen LogP contribution in [-0.4, -0.2) is 102 Å². The number of para-hydroxylation sites is 4. The highest BCUT2D eigenvalue weighted by Gasteiger charge is 2.16. The molecule has 0 aliphatic carbocycles. The molecule has 0 bridgehead atoms. The van der Waals surface area contributed by atoms with E-state index in [1.165, 1.54) is 13.2 Å². The summed E-state index contributed by atoms with van der Waals surface area (Å²) >= 11 is 22.5. The van der Waals surface area contributed by atoms with E-state index in [4.69, 9.17) is 114 Å². The van der Waals surface area contributed by atoms with Gasteiger partial charge in [0.25, 0.3) is 0 Å². The summed E-state index contributed by atoms with van der Waals surface area (Å²) in [5, 5.41) is 31.8. The number of halogens is 4. The Labute approximate surface area is 545 Å². The molecule has 0 spiro atoms. The van der Waals surface area contributed by atoms with Crippen molar-refractivity contribution in [2.24, 2.45) is 10.3 Å². The van der Waals surface area contributed by atoms with E-state index in [1.54, 1.807) is 112 Å². The van der Waals surface area contributed by atoms with Crippen LogP contribution in [0.15, 0.2) is 170 Å². The lowest BCUT2D eigenvalue weighted by atomic mass is 9.80. The molecule has 0 unspecified atom stereocenters. The predicted octanol–water partition coefficient (Wildman–Crippen LogP) is 7.84. The third-order valence-electron chi connectivity index (χ3n) is 11.3. The molecular formula is C58H61BCl4N16O10S2. The Hall–Kier alpha value is -9.40. The number of benzene rings is 6. The van der Waals surface area contributed by atoms with Crippen LogP contribution >= 0.6 is 46.4 Å². The predicted molar refractivity (Wildman–Crippen MR) is 359 cm³/mol. The highest BCUT2D eigenvalue weighted by molar-refractivity contribution is 7.88. The number of primary sulfonamides is 2. The zero-order chi connectivity index (χ0) is 66.8. The molecule has 476 valence electrons. The largest absolute Gasteiger partial charge is 0.497 e. The van der Waals surface area contributed by atoms with Gasteiger partial charge in [-0.05, 0) is 77.9 Å².